The van der Waals surface area contributed by atoms with Gasteiger partial charge in [-0.3, -0.25) is 0 Å². The number of para-hydroxylation sites is 1. The van der Waals surface area contributed by atoms with Gasteiger partial charge in [0.05, 0.1) is 23.1 Å². The van der Waals surface area contributed by atoms with Gasteiger partial charge >= 0.3 is 0 Å². The number of halogens is 3. The molecule has 0 aliphatic carbocycles. The number of nitrogens with zero attached hydrogens (tertiary/aromatic N) is 5. The first-order valence-electron chi connectivity index (χ1n) is 8.75. The molecule has 0 radical (unpaired) electrons. The second-order valence-corrected chi connectivity index (χ2v) is 7.18. The zero-order valence-corrected chi connectivity index (χ0v) is 15.8. The van der Waals surface area contributed by atoms with E-state index >= 15 is 0 Å². The monoisotopic (exact) mass is 405 g/mol. The molecule has 0 spiro atoms. The lowest BCUT2D eigenvalue weighted by molar-refractivity contribution is 0.0256. The van der Waals surface area contributed by atoms with Crippen molar-refractivity contribution in [2.75, 3.05) is 29.0 Å². The van der Waals surface area contributed by atoms with Crippen LogP contribution < -0.4 is 16.0 Å². The molecular formula is C18H18ClF2N7. The van der Waals surface area contributed by atoms with Gasteiger partial charge in [0.2, 0.25) is 11.9 Å². The standard InChI is InChI=1S/C18H18ClF2N7/c1-10(25-17-24-9-23-16(22)27-17)12-7-11-3-2-4-13(19)14(11)26-15(12)28-6-5-18(20,21)8-28/h2-4,7,9-10H,5-6,8H2,1H3,(H3,22,23,24,25,27)/t10-/m0/s1. The number of pyridine rings is 1. The van der Waals surface area contributed by atoms with Crippen LogP contribution in [0.2, 0.25) is 5.02 Å². The van der Waals surface area contributed by atoms with Crippen LogP contribution >= 0.6 is 11.6 Å². The highest BCUT2D eigenvalue weighted by Gasteiger charge is 2.39. The van der Waals surface area contributed by atoms with Gasteiger partial charge in [0.1, 0.15) is 12.1 Å². The van der Waals surface area contributed by atoms with Crippen LogP contribution in [0.25, 0.3) is 10.9 Å². The average Bonchev–Trinajstić information content (AvgIpc) is 3.01. The first kappa shape index (κ1) is 18.5. The van der Waals surface area contributed by atoms with Gasteiger partial charge < -0.3 is 16.0 Å². The van der Waals surface area contributed by atoms with Crippen LogP contribution in [0.3, 0.4) is 0 Å². The highest BCUT2D eigenvalue weighted by Crippen LogP contribution is 2.37. The van der Waals surface area contributed by atoms with Gasteiger partial charge in [-0.05, 0) is 19.1 Å². The highest BCUT2D eigenvalue weighted by molar-refractivity contribution is 6.35. The van der Waals surface area contributed by atoms with E-state index in [4.69, 9.17) is 17.3 Å². The van der Waals surface area contributed by atoms with Crippen LogP contribution in [-0.4, -0.2) is 38.9 Å². The van der Waals surface area contributed by atoms with Crippen molar-refractivity contribution in [1.29, 1.82) is 0 Å². The summed E-state index contributed by atoms with van der Waals surface area (Å²) in [5, 5.41) is 4.43. The van der Waals surface area contributed by atoms with Gasteiger partial charge in [-0.1, -0.05) is 23.7 Å². The number of nitrogens with one attached hydrogen (secondary N) is 1. The fourth-order valence-electron chi connectivity index (χ4n) is 3.31. The number of alkyl halides is 2. The van der Waals surface area contributed by atoms with Crippen molar-refractivity contribution in [2.24, 2.45) is 0 Å². The second kappa shape index (κ2) is 6.97. The Morgan fingerprint density at radius 1 is 1.29 bits per heavy atom. The summed E-state index contributed by atoms with van der Waals surface area (Å²) in [6.07, 6.45) is 1.10. The molecule has 3 aromatic rings. The maximum atomic E-state index is 13.8. The molecular weight excluding hydrogens is 388 g/mol. The van der Waals surface area contributed by atoms with Crippen LogP contribution in [-0.2, 0) is 0 Å². The summed E-state index contributed by atoms with van der Waals surface area (Å²) in [5.74, 6) is -1.88. The Labute approximate surface area is 165 Å². The molecule has 7 nitrogen and oxygen atoms in total. The predicted molar refractivity (Wildman–Crippen MR) is 105 cm³/mol. The molecule has 1 fully saturated rings. The van der Waals surface area contributed by atoms with E-state index < -0.39 is 5.92 Å². The summed E-state index contributed by atoms with van der Waals surface area (Å²) in [6, 6.07) is 7.02. The number of benzene rings is 1. The molecule has 0 unspecified atom stereocenters. The molecule has 1 aliphatic heterocycles. The third-order valence-electron chi connectivity index (χ3n) is 4.68. The lowest BCUT2D eigenvalue weighted by atomic mass is 10.1. The highest BCUT2D eigenvalue weighted by atomic mass is 35.5. The summed E-state index contributed by atoms with van der Waals surface area (Å²) in [6.45, 7) is 1.72. The van der Waals surface area contributed by atoms with Crippen molar-refractivity contribution in [3.8, 4) is 0 Å². The molecule has 28 heavy (non-hydrogen) atoms. The quantitative estimate of drug-likeness (QED) is 0.684. The number of rotatable bonds is 4. The molecule has 10 heteroatoms. The Bertz CT molecular complexity index is 1030. The minimum absolute atomic E-state index is 0.0903. The molecule has 1 aliphatic rings. The van der Waals surface area contributed by atoms with Crippen molar-refractivity contribution in [3.05, 3.63) is 41.2 Å². The minimum atomic E-state index is -2.74. The smallest absolute Gasteiger partial charge is 0.266 e. The van der Waals surface area contributed by atoms with E-state index in [0.29, 0.717) is 22.3 Å². The number of hydrogen-bond acceptors (Lipinski definition) is 7. The van der Waals surface area contributed by atoms with E-state index in [1.165, 1.54) is 6.33 Å². The van der Waals surface area contributed by atoms with Crippen LogP contribution in [0.4, 0.5) is 26.5 Å². The van der Waals surface area contributed by atoms with Crippen molar-refractivity contribution in [3.63, 3.8) is 0 Å². The van der Waals surface area contributed by atoms with E-state index in [-0.39, 0.29) is 31.5 Å². The summed E-state index contributed by atoms with van der Waals surface area (Å²) in [4.78, 5) is 18.1. The van der Waals surface area contributed by atoms with Crippen molar-refractivity contribution < 1.29 is 8.78 Å². The van der Waals surface area contributed by atoms with E-state index in [2.05, 4.69) is 25.3 Å². The number of fused-ring (bicyclic) bond motifs is 1. The third kappa shape index (κ3) is 3.62. The predicted octanol–water partition coefficient (Wildman–Crippen LogP) is 3.67. The minimum Gasteiger partial charge on any atom is -0.368 e. The number of nitrogens with two attached hydrogens (primary N) is 1. The first-order valence-corrected chi connectivity index (χ1v) is 9.13. The van der Waals surface area contributed by atoms with Crippen LogP contribution in [0, 0.1) is 0 Å². The molecule has 3 N–H and O–H groups in total. The fraction of sp³-hybridized carbons (Fsp3) is 0.333. The van der Waals surface area contributed by atoms with Crippen molar-refractivity contribution in [1.82, 2.24) is 19.9 Å². The van der Waals surface area contributed by atoms with E-state index in [1.807, 2.05) is 25.1 Å². The molecule has 2 aromatic heterocycles. The summed E-state index contributed by atoms with van der Waals surface area (Å²) in [7, 11) is 0. The molecule has 4 rings (SSSR count). The molecule has 3 heterocycles. The maximum Gasteiger partial charge on any atom is 0.266 e. The molecule has 0 saturated carbocycles. The lowest BCUT2D eigenvalue weighted by Gasteiger charge is -2.25. The molecule has 146 valence electrons. The lowest BCUT2D eigenvalue weighted by Crippen LogP contribution is -2.27. The van der Waals surface area contributed by atoms with Gasteiger partial charge in [-0.15, -0.1) is 0 Å². The van der Waals surface area contributed by atoms with Crippen LogP contribution in [0.15, 0.2) is 30.6 Å². The number of nitrogen functional groups attached to an aromatic ring is 1. The van der Waals surface area contributed by atoms with Gasteiger partial charge in [-0.2, -0.15) is 4.98 Å². The topological polar surface area (TPSA) is 92.8 Å². The van der Waals surface area contributed by atoms with Gasteiger partial charge in [-0.25, -0.2) is 23.7 Å². The van der Waals surface area contributed by atoms with Gasteiger partial charge in [0.15, 0.2) is 0 Å². The Balaban J connectivity index is 1.77. The molecule has 1 saturated heterocycles. The molecule has 0 bridgehead atoms. The SMILES string of the molecule is C[C@H](Nc1ncnc(N)n1)c1cc2cccc(Cl)c2nc1N1CCC(F)(F)C1. The summed E-state index contributed by atoms with van der Waals surface area (Å²) >= 11 is 6.29. The van der Waals surface area contributed by atoms with Crippen LogP contribution in [0.1, 0.15) is 24.9 Å². The zero-order chi connectivity index (χ0) is 19.9. The summed E-state index contributed by atoms with van der Waals surface area (Å²) < 4.78 is 27.7. The van der Waals surface area contributed by atoms with Gasteiger partial charge in [0.25, 0.3) is 5.92 Å². The Hall–Kier alpha value is -2.81. The molecule has 0 amide bonds. The van der Waals surface area contributed by atoms with E-state index in [0.717, 1.165) is 10.9 Å². The molecule has 1 atom stereocenters. The first-order chi connectivity index (χ1) is 13.3. The maximum absolute atomic E-state index is 13.8. The van der Waals surface area contributed by atoms with Crippen molar-refractivity contribution in [2.45, 2.75) is 25.3 Å². The third-order valence-corrected chi connectivity index (χ3v) is 4.98. The largest absolute Gasteiger partial charge is 0.368 e. The zero-order valence-electron chi connectivity index (χ0n) is 15.0. The Kier molecular flexibility index (Phi) is 4.62. The van der Waals surface area contributed by atoms with Crippen LogP contribution in [0.5, 0.6) is 0 Å². The van der Waals surface area contributed by atoms with E-state index in [1.54, 1.807) is 11.0 Å². The normalized spacial score (nSPS) is 17.1. The van der Waals surface area contributed by atoms with E-state index in [9.17, 15) is 8.78 Å². The van der Waals surface area contributed by atoms with Gasteiger partial charge in [0, 0.05) is 23.9 Å². The Morgan fingerprint density at radius 3 is 2.82 bits per heavy atom. The Morgan fingerprint density at radius 2 is 2.11 bits per heavy atom. The second-order valence-electron chi connectivity index (χ2n) is 6.77. The molecule has 1 aromatic carbocycles. The number of hydrogen-bond donors (Lipinski definition) is 2. The van der Waals surface area contributed by atoms with Crippen molar-refractivity contribution >= 4 is 40.2 Å². The number of aromatic nitrogens is 4. The fourth-order valence-corrected chi connectivity index (χ4v) is 3.53. The number of anilines is 3. The average molecular weight is 406 g/mol. The summed E-state index contributed by atoms with van der Waals surface area (Å²) in [5.41, 5.74) is 6.92.